The summed E-state index contributed by atoms with van der Waals surface area (Å²) in [6.45, 7) is 1.00. The number of benzene rings is 2. The minimum absolute atomic E-state index is 0.157. The van der Waals surface area contributed by atoms with E-state index in [0.717, 1.165) is 10.2 Å². The zero-order valence-electron chi connectivity index (χ0n) is 15.0. The van der Waals surface area contributed by atoms with E-state index in [0.29, 0.717) is 29.0 Å². The topological polar surface area (TPSA) is 45.7 Å². The molecule has 3 rings (SSSR count). The van der Waals surface area contributed by atoms with Crippen LogP contribution in [0.15, 0.2) is 42.5 Å². The number of carbonyl (C=O) groups is 1. The Kier molecular flexibility index (Phi) is 6.26. The van der Waals surface area contributed by atoms with Gasteiger partial charge in [-0.05, 0) is 56.6 Å². The fourth-order valence-corrected chi connectivity index (χ4v) is 3.67. The van der Waals surface area contributed by atoms with Gasteiger partial charge < -0.3 is 9.64 Å². The maximum atomic E-state index is 13.0. The Morgan fingerprint density at radius 1 is 1.19 bits per heavy atom. The van der Waals surface area contributed by atoms with Crippen molar-refractivity contribution in [3.8, 4) is 5.75 Å². The van der Waals surface area contributed by atoms with Crippen molar-refractivity contribution in [3.63, 3.8) is 0 Å². The fourth-order valence-electron chi connectivity index (χ4n) is 2.38. The van der Waals surface area contributed by atoms with E-state index in [1.807, 2.05) is 31.1 Å². The van der Waals surface area contributed by atoms with Crippen molar-refractivity contribution in [1.82, 2.24) is 9.88 Å². The highest BCUT2D eigenvalue weighted by Gasteiger charge is 2.20. The monoisotopic (exact) mass is 407 g/mol. The lowest BCUT2D eigenvalue weighted by Crippen LogP contribution is -2.39. The third kappa shape index (κ3) is 5.15. The summed E-state index contributed by atoms with van der Waals surface area (Å²) in [5, 5.41) is 1.23. The third-order valence-electron chi connectivity index (χ3n) is 3.82. The molecule has 0 saturated carbocycles. The molecule has 0 N–H and O–H groups in total. The Morgan fingerprint density at radius 3 is 2.63 bits per heavy atom. The number of hydrogen-bond acceptors (Lipinski definition) is 5. The molecule has 0 aliphatic heterocycles. The molecule has 2 aromatic carbocycles. The highest BCUT2D eigenvalue weighted by Crippen LogP contribution is 2.30. The number of likely N-dealkylation sites (N-methyl/N-ethyl adjacent to an activating group) is 1. The van der Waals surface area contributed by atoms with Crippen LogP contribution < -0.4 is 9.64 Å². The van der Waals surface area contributed by atoms with Gasteiger partial charge in [0.25, 0.3) is 5.91 Å². The largest absolute Gasteiger partial charge is 0.484 e. The number of hydrogen-bond donors (Lipinski definition) is 0. The second-order valence-electron chi connectivity index (χ2n) is 6.20. The van der Waals surface area contributed by atoms with Crippen LogP contribution in [0.4, 0.5) is 9.52 Å². The van der Waals surface area contributed by atoms with E-state index in [1.54, 1.807) is 11.0 Å². The van der Waals surface area contributed by atoms with Crippen molar-refractivity contribution < 1.29 is 13.9 Å². The summed E-state index contributed by atoms with van der Waals surface area (Å²) in [5.41, 5.74) is 0.793. The minimum Gasteiger partial charge on any atom is -0.484 e. The summed E-state index contributed by atoms with van der Waals surface area (Å²) in [7, 11) is 3.88. The van der Waals surface area contributed by atoms with Gasteiger partial charge >= 0.3 is 0 Å². The van der Waals surface area contributed by atoms with Gasteiger partial charge in [-0.1, -0.05) is 22.9 Å². The molecule has 0 saturated heterocycles. The van der Waals surface area contributed by atoms with Crippen LogP contribution in [-0.4, -0.2) is 49.6 Å². The number of amides is 1. The molecule has 0 atom stereocenters. The minimum atomic E-state index is -0.352. The van der Waals surface area contributed by atoms with Gasteiger partial charge in [0.15, 0.2) is 11.7 Å². The molecule has 1 heterocycles. The van der Waals surface area contributed by atoms with Gasteiger partial charge in [-0.25, -0.2) is 9.37 Å². The van der Waals surface area contributed by atoms with Crippen LogP contribution in [0.25, 0.3) is 10.2 Å². The smallest absolute Gasteiger partial charge is 0.266 e. The predicted molar refractivity (Wildman–Crippen MR) is 107 cm³/mol. The first-order valence-electron chi connectivity index (χ1n) is 8.32. The number of aromatic nitrogens is 1. The standard InChI is InChI=1S/C19H19ClFN3O2S/c1-23(2)9-10-24(18(25)12-26-15-6-4-14(21)5-7-15)19-22-16-8-3-13(20)11-17(16)27-19/h3-8,11H,9-10,12H2,1-2H3. The van der Waals surface area contributed by atoms with Crippen molar-refractivity contribution in [2.75, 3.05) is 38.7 Å². The first-order valence-corrected chi connectivity index (χ1v) is 9.51. The molecular formula is C19H19ClFN3O2S. The number of ether oxygens (including phenoxy) is 1. The van der Waals surface area contributed by atoms with Crippen LogP contribution in [0.5, 0.6) is 5.75 Å². The molecule has 27 heavy (non-hydrogen) atoms. The highest BCUT2D eigenvalue weighted by atomic mass is 35.5. The Bertz CT molecular complexity index is 930. The maximum Gasteiger partial charge on any atom is 0.266 e. The third-order valence-corrected chi connectivity index (χ3v) is 5.09. The van der Waals surface area contributed by atoms with Crippen LogP contribution in [0.2, 0.25) is 5.02 Å². The summed E-state index contributed by atoms with van der Waals surface area (Å²) in [6.07, 6.45) is 0. The SMILES string of the molecule is CN(C)CCN(C(=O)COc1ccc(F)cc1)c1nc2ccc(Cl)cc2s1. The van der Waals surface area contributed by atoms with E-state index in [1.165, 1.54) is 35.6 Å². The second kappa shape index (κ2) is 8.65. The Hall–Kier alpha value is -2.22. The number of fused-ring (bicyclic) bond motifs is 1. The van der Waals surface area contributed by atoms with Gasteiger partial charge in [0.05, 0.1) is 10.2 Å². The summed E-state index contributed by atoms with van der Waals surface area (Å²) in [4.78, 5) is 21.0. The molecule has 0 aliphatic rings. The average Bonchev–Trinajstić information content (AvgIpc) is 3.03. The lowest BCUT2D eigenvalue weighted by atomic mass is 10.3. The molecule has 0 radical (unpaired) electrons. The number of carbonyl (C=O) groups excluding carboxylic acids is 1. The predicted octanol–water partition coefficient (Wildman–Crippen LogP) is 4.06. The van der Waals surface area contributed by atoms with Gasteiger partial charge in [-0.15, -0.1) is 0 Å². The van der Waals surface area contributed by atoms with E-state index in [2.05, 4.69) is 4.98 Å². The average molecular weight is 408 g/mol. The number of rotatable bonds is 7. The van der Waals surface area contributed by atoms with E-state index < -0.39 is 0 Å². The van der Waals surface area contributed by atoms with Gasteiger partial charge in [-0.2, -0.15) is 0 Å². The number of anilines is 1. The summed E-state index contributed by atoms with van der Waals surface area (Å²) >= 11 is 7.46. The van der Waals surface area contributed by atoms with Gasteiger partial charge in [0, 0.05) is 18.1 Å². The van der Waals surface area contributed by atoms with Crippen molar-refractivity contribution >= 4 is 44.2 Å². The molecule has 3 aromatic rings. The normalized spacial score (nSPS) is 11.1. The number of halogens is 2. The van der Waals surface area contributed by atoms with Crippen LogP contribution >= 0.6 is 22.9 Å². The molecule has 0 bridgehead atoms. The summed E-state index contributed by atoms with van der Waals surface area (Å²) in [5.74, 6) is -0.130. The number of thiazole rings is 1. The Labute approximate surface area is 165 Å². The van der Waals surface area contributed by atoms with Crippen molar-refractivity contribution in [3.05, 3.63) is 53.3 Å². The summed E-state index contributed by atoms with van der Waals surface area (Å²) in [6, 6.07) is 11.0. The quantitative estimate of drug-likeness (QED) is 0.592. The first kappa shape index (κ1) is 19.5. The Balaban J connectivity index is 1.78. The zero-order valence-corrected chi connectivity index (χ0v) is 16.6. The zero-order chi connectivity index (χ0) is 19.4. The molecule has 1 aromatic heterocycles. The fraction of sp³-hybridized carbons (Fsp3) is 0.263. The van der Waals surface area contributed by atoms with Crippen LogP contribution in [0.1, 0.15) is 0 Å². The van der Waals surface area contributed by atoms with Gasteiger partial charge in [0.1, 0.15) is 11.6 Å². The highest BCUT2D eigenvalue weighted by molar-refractivity contribution is 7.22. The lowest BCUT2D eigenvalue weighted by Gasteiger charge is -2.22. The molecule has 5 nitrogen and oxygen atoms in total. The van der Waals surface area contributed by atoms with Crippen molar-refractivity contribution in [2.24, 2.45) is 0 Å². The maximum absolute atomic E-state index is 13.0. The lowest BCUT2D eigenvalue weighted by molar-refractivity contribution is -0.120. The molecule has 0 spiro atoms. The number of nitrogens with zero attached hydrogens (tertiary/aromatic N) is 3. The van der Waals surface area contributed by atoms with Crippen LogP contribution in [0, 0.1) is 5.82 Å². The van der Waals surface area contributed by atoms with Crippen LogP contribution in [-0.2, 0) is 4.79 Å². The van der Waals surface area contributed by atoms with E-state index in [-0.39, 0.29) is 18.3 Å². The molecule has 1 amide bonds. The van der Waals surface area contributed by atoms with E-state index in [4.69, 9.17) is 16.3 Å². The summed E-state index contributed by atoms with van der Waals surface area (Å²) < 4.78 is 19.4. The molecular weight excluding hydrogens is 389 g/mol. The van der Waals surface area contributed by atoms with Crippen molar-refractivity contribution in [2.45, 2.75) is 0 Å². The molecule has 0 unspecified atom stereocenters. The van der Waals surface area contributed by atoms with E-state index in [9.17, 15) is 9.18 Å². The van der Waals surface area contributed by atoms with Gasteiger partial charge in [0.2, 0.25) is 0 Å². The molecule has 8 heteroatoms. The van der Waals surface area contributed by atoms with Crippen molar-refractivity contribution in [1.29, 1.82) is 0 Å². The Morgan fingerprint density at radius 2 is 1.93 bits per heavy atom. The first-order chi connectivity index (χ1) is 12.9. The van der Waals surface area contributed by atoms with Crippen LogP contribution in [0.3, 0.4) is 0 Å². The molecule has 0 aliphatic carbocycles. The second-order valence-corrected chi connectivity index (χ2v) is 7.65. The molecule has 142 valence electrons. The van der Waals surface area contributed by atoms with E-state index >= 15 is 0 Å². The van der Waals surface area contributed by atoms with Gasteiger partial charge in [-0.3, -0.25) is 9.69 Å². The molecule has 0 fully saturated rings.